The molecule has 3 nitrogen and oxygen atoms in total. The van der Waals surface area contributed by atoms with Crippen LogP contribution in [0.15, 0.2) is 0 Å². The van der Waals surface area contributed by atoms with Crippen molar-refractivity contribution in [3.8, 4) is 0 Å². The summed E-state index contributed by atoms with van der Waals surface area (Å²) in [5, 5.41) is 0. The highest BCUT2D eigenvalue weighted by Crippen LogP contribution is 2.24. The van der Waals surface area contributed by atoms with Crippen molar-refractivity contribution < 1.29 is 9.47 Å². The van der Waals surface area contributed by atoms with Crippen LogP contribution < -0.4 is 0 Å². The number of hydrogen-bond acceptors (Lipinski definition) is 4. The van der Waals surface area contributed by atoms with Crippen LogP contribution in [0.5, 0.6) is 0 Å². The summed E-state index contributed by atoms with van der Waals surface area (Å²) in [6.07, 6.45) is 3.03. The van der Waals surface area contributed by atoms with E-state index in [9.17, 15) is 0 Å². The molecular weight excluding hydrogens is 246 g/mol. The fraction of sp³-hybridized carbons (Fsp3) is 1.00. The van der Waals surface area contributed by atoms with E-state index < -0.39 is 0 Å². The molecule has 0 saturated carbocycles. The minimum Gasteiger partial charge on any atom is -0.375 e. The SMILES string of the molecule is CC(C)(C)SCCN1CCO[C@@H]([C@@H]2CCCO2)C1. The van der Waals surface area contributed by atoms with Crippen molar-refractivity contribution in [2.24, 2.45) is 0 Å². The Morgan fingerprint density at radius 2 is 1.94 bits per heavy atom. The summed E-state index contributed by atoms with van der Waals surface area (Å²) in [6, 6.07) is 0. The van der Waals surface area contributed by atoms with E-state index in [2.05, 4.69) is 25.7 Å². The molecule has 0 amide bonds. The fourth-order valence-electron chi connectivity index (χ4n) is 2.54. The number of morpholine rings is 1. The van der Waals surface area contributed by atoms with Gasteiger partial charge < -0.3 is 9.47 Å². The molecule has 2 atom stereocenters. The first-order chi connectivity index (χ1) is 8.54. The molecule has 0 aliphatic carbocycles. The molecule has 2 fully saturated rings. The van der Waals surface area contributed by atoms with Crippen molar-refractivity contribution in [1.82, 2.24) is 4.90 Å². The van der Waals surface area contributed by atoms with E-state index in [1.54, 1.807) is 0 Å². The van der Waals surface area contributed by atoms with Gasteiger partial charge in [-0.3, -0.25) is 4.90 Å². The first-order valence-corrected chi connectivity index (χ1v) is 8.13. The maximum atomic E-state index is 5.87. The zero-order valence-electron chi connectivity index (χ0n) is 12.0. The lowest BCUT2D eigenvalue weighted by Gasteiger charge is -2.35. The van der Waals surface area contributed by atoms with E-state index in [-0.39, 0.29) is 0 Å². The minimum absolute atomic E-state index is 0.306. The third kappa shape index (κ3) is 4.72. The molecule has 2 heterocycles. The Kier molecular flexibility index (Phi) is 5.36. The molecule has 0 radical (unpaired) electrons. The van der Waals surface area contributed by atoms with Gasteiger partial charge in [0, 0.05) is 36.7 Å². The van der Waals surface area contributed by atoms with Crippen molar-refractivity contribution in [2.45, 2.75) is 50.6 Å². The van der Waals surface area contributed by atoms with Crippen LogP contribution in [0.4, 0.5) is 0 Å². The summed E-state index contributed by atoms with van der Waals surface area (Å²) in [5.74, 6) is 1.21. The van der Waals surface area contributed by atoms with Crippen LogP contribution in [0.1, 0.15) is 33.6 Å². The van der Waals surface area contributed by atoms with Crippen molar-refractivity contribution in [3.05, 3.63) is 0 Å². The Hall–Kier alpha value is 0.230. The lowest BCUT2D eigenvalue weighted by molar-refractivity contribution is -0.0930. The Morgan fingerprint density at radius 1 is 1.17 bits per heavy atom. The van der Waals surface area contributed by atoms with Crippen molar-refractivity contribution in [1.29, 1.82) is 0 Å². The third-order valence-corrected chi connectivity index (χ3v) is 4.75. The van der Waals surface area contributed by atoms with Gasteiger partial charge in [0.25, 0.3) is 0 Å². The normalized spacial score (nSPS) is 30.8. The van der Waals surface area contributed by atoms with Crippen LogP contribution in [0.25, 0.3) is 0 Å². The topological polar surface area (TPSA) is 21.7 Å². The molecule has 0 N–H and O–H groups in total. The standard InChI is InChI=1S/C14H27NO2S/c1-14(2,3)18-10-7-15-6-9-17-13(11-15)12-5-4-8-16-12/h12-13H,4-11H2,1-3H3/t12-,13+/m0/s1. The maximum absolute atomic E-state index is 5.87. The summed E-state index contributed by atoms with van der Waals surface area (Å²) in [7, 11) is 0. The number of thioether (sulfide) groups is 1. The fourth-order valence-corrected chi connectivity index (χ4v) is 3.50. The molecule has 18 heavy (non-hydrogen) atoms. The van der Waals surface area contributed by atoms with Crippen molar-refractivity contribution in [2.75, 3.05) is 38.6 Å². The molecule has 2 aliphatic rings. The summed E-state index contributed by atoms with van der Waals surface area (Å²) >= 11 is 2.05. The minimum atomic E-state index is 0.306. The van der Waals surface area contributed by atoms with E-state index in [1.807, 2.05) is 11.8 Å². The molecule has 0 unspecified atom stereocenters. The second kappa shape index (κ2) is 6.60. The van der Waals surface area contributed by atoms with E-state index in [0.29, 0.717) is 17.0 Å². The molecule has 0 spiro atoms. The van der Waals surface area contributed by atoms with Gasteiger partial charge in [-0.05, 0) is 12.8 Å². The Morgan fingerprint density at radius 3 is 2.61 bits per heavy atom. The quantitative estimate of drug-likeness (QED) is 0.784. The highest BCUT2D eigenvalue weighted by molar-refractivity contribution is 8.00. The number of nitrogens with zero attached hydrogens (tertiary/aromatic N) is 1. The zero-order chi connectivity index (χ0) is 13.0. The predicted octanol–water partition coefficient (Wildman–Crippen LogP) is 2.40. The molecule has 2 saturated heterocycles. The van der Waals surface area contributed by atoms with E-state index in [0.717, 1.165) is 26.3 Å². The highest BCUT2D eigenvalue weighted by atomic mass is 32.2. The molecular formula is C14H27NO2S. The summed E-state index contributed by atoms with van der Waals surface area (Å²) < 4.78 is 12.0. The van der Waals surface area contributed by atoms with E-state index in [4.69, 9.17) is 9.47 Å². The Labute approximate surface area is 116 Å². The zero-order valence-corrected chi connectivity index (χ0v) is 12.8. The van der Waals surface area contributed by atoms with Crippen molar-refractivity contribution in [3.63, 3.8) is 0 Å². The van der Waals surface area contributed by atoms with Gasteiger partial charge in [-0.15, -0.1) is 0 Å². The summed E-state index contributed by atoms with van der Waals surface area (Å²) in [4.78, 5) is 2.54. The number of ether oxygens (including phenoxy) is 2. The van der Waals surface area contributed by atoms with Gasteiger partial charge in [-0.2, -0.15) is 11.8 Å². The number of hydrogen-bond donors (Lipinski definition) is 0. The first-order valence-electron chi connectivity index (χ1n) is 7.14. The van der Waals surface area contributed by atoms with Crippen LogP contribution >= 0.6 is 11.8 Å². The monoisotopic (exact) mass is 273 g/mol. The lowest BCUT2D eigenvalue weighted by atomic mass is 10.1. The Balaban J connectivity index is 1.69. The molecule has 2 rings (SSSR count). The Bertz CT molecular complexity index is 249. The van der Waals surface area contributed by atoms with Crippen molar-refractivity contribution >= 4 is 11.8 Å². The molecule has 0 aromatic rings. The van der Waals surface area contributed by atoms with Gasteiger partial charge >= 0.3 is 0 Å². The lowest BCUT2D eigenvalue weighted by Crippen LogP contribution is -2.48. The van der Waals surface area contributed by atoms with Gasteiger partial charge in [0.15, 0.2) is 0 Å². The van der Waals surface area contributed by atoms with Gasteiger partial charge in [-0.25, -0.2) is 0 Å². The third-order valence-electron chi connectivity index (χ3n) is 3.50. The second-order valence-corrected chi connectivity index (χ2v) is 8.14. The van der Waals surface area contributed by atoms with Crippen LogP contribution in [0.3, 0.4) is 0 Å². The van der Waals surface area contributed by atoms with Gasteiger partial charge in [0.05, 0.1) is 18.8 Å². The number of rotatable bonds is 4. The van der Waals surface area contributed by atoms with Crippen LogP contribution in [-0.2, 0) is 9.47 Å². The molecule has 0 bridgehead atoms. The first kappa shape index (κ1) is 14.6. The highest BCUT2D eigenvalue weighted by Gasteiger charge is 2.30. The van der Waals surface area contributed by atoms with E-state index in [1.165, 1.54) is 25.1 Å². The molecule has 2 aliphatic heterocycles. The maximum Gasteiger partial charge on any atom is 0.0963 e. The summed E-state index contributed by atoms with van der Waals surface area (Å²) in [5.41, 5.74) is 0. The smallest absolute Gasteiger partial charge is 0.0963 e. The average molecular weight is 273 g/mol. The molecule has 0 aromatic carbocycles. The summed E-state index contributed by atoms with van der Waals surface area (Å²) in [6.45, 7) is 11.9. The van der Waals surface area contributed by atoms with E-state index >= 15 is 0 Å². The van der Waals surface area contributed by atoms with Gasteiger partial charge in [-0.1, -0.05) is 20.8 Å². The second-order valence-electron chi connectivity index (χ2n) is 6.22. The van der Waals surface area contributed by atoms with Crippen LogP contribution in [0.2, 0.25) is 0 Å². The van der Waals surface area contributed by atoms with Crippen LogP contribution in [0, 0.1) is 0 Å². The van der Waals surface area contributed by atoms with Gasteiger partial charge in [0.2, 0.25) is 0 Å². The van der Waals surface area contributed by atoms with Crippen LogP contribution in [-0.4, -0.2) is 60.5 Å². The average Bonchev–Trinajstić information content (AvgIpc) is 2.81. The predicted molar refractivity (Wildman–Crippen MR) is 77.4 cm³/mol. The molecule has 0 aromatic heterocycles. The molecule has 106 valence electrons. The largest absolute Gasteiger partial charge is 0.375 e. The molecule has 4 heteroatoms. The van der Waals surface area contributed by atoms with Gasteiger partial charge in [0.1, 0.15) is 0 Å².